The van der Waals surface area contributed by atoms with Gasteiger partial charge in [0, 0.05) is 12.3 Å². The maximum atomic E-state index is 13.5. The highest BCUT2D eigenvalue weighted by Crippen LogP contribution is 2.32. The highest BCUT2D eigenvalue weighted by Gasteiger charge is 2.27. The van der Waals surface area contributed by atoms with Crippen molar-refractivity contribution in [1.82, 2.24) is 5.32 Å². The third-order valence-electron chi connectivity index (χ3n) is 5.29. The minimum atomic E-state index is -4.03. The van der Waals surface area contributed by atoms with Crippen LogP contribution in [0.3, 0.4) is 0 Å². The van der Waals surface area contributed by atoms with Gasteiger partial charge in [0.15, 0.2) is 0 Å². The normalized spacial score (nSPS) is 11.2. The van der Waals surface area contributed by atoms with Crippen molar-refractivity contribution >= 4 is 45.0 Å². The van der Waals surface area contributed by atoms with Crippen LogP contribution < -0.4 is 14.4 Å². The standard InChI is InChI=1S/C26H28ClFN2O4S2/c1-19-4-11-23(12-5-19)36(32,33)30(22-10-13-25(34-2)24(27)16-22)17-26(31)29-14-3-15-35-18-20-6-8-21(28)9-7-20/h4-13,16H,3,14-15,17-18H2,1-2H3,(H,29,31). The summed E-state index contributed by atoms with van der Waals surface area (Å²) in [6, 6.07) is 17.4. The number of amides is 1. The number of halogens is 2. The molecule has 0 bridgehead atoms. The Labute approximate surface area is 220 Å². The molecule has 0 aliphatic heterocycles. The summed E-state index contributed by atoms with van der Waals surface area (Å²) in [5.74, 6) is 1.24. The molecule has 0 saturated carbocycles. The van der Waals surface area contributed by atoms with Crippen molar-refractivity contribution in [3.63, 3.8) is 0 Å². The Morgan fingerprint density at radius 3 is 2.42 bits per heavy atom. The first-order chi connectivity index (χ1) is 17.2. The van der Waals surface area contributed by atoms with Crippen molar-refractivity contribution in [2.45, 2.75) is 24.0 Å². The number of hydrogen-bond donors (Lipinski definition) is 1. The van der Waals surface area contributed by atoms with Gasteiger partial charge in [0.05, 0.1) is 22.7 Å². The van der Waals surface area contributed by atoms with E-state index in [-0.39, 0.29) is 21.4 Å². The van der Waals surface area contributed by atoms with E-state index in [0.717, 1.165) is 26.9 Å². The third kappa shape index (κ3) is 7.62. The van der Waals surface area contributed by atoms with Crippen LogP contribution in [-0.2, 0) is 20.6 Å². The summed E-state index contributed by atoms with van der Waals surface area (Å²) in [7, 11) is -2.57. The number of carbonyl (C=O) groups excluding carboxylic acids is 1. The number of hydrogen-bond acceptors (Lipinski definition) is 5. The smallest absolute Gasteiger partial charge is 0.264 e. The fraction of sp³-hybridized carbons (Fsp3) is 0.269. The van der Waals surface area contributed by atoms with Gasteiger partial charge in [0.2, 0.25) is 5.91 Å². The van der Waals surface area contributed by atoms with Crippen molar-refractivity contribution in [2.75, 3.05) is 30.3 Å². The number of rotatable bonds is 12. The van der Waals surface area contributed by atoms with Crippen LogP contribution in [-0.4, -0.2) is 40.3 Å². The minimum Gasteiger partial charge on any atom is -0.495 e. The summed E-state index contributed by atoms with van der Waals surface area (Å²) in [5.41, 5.74) is 2.20. The van der Waals surface area contributed by atoms with E-state index < -0.39 is 22.5 Å². The topological polar surface area (TPSA) is 75.7 Å². The SMILES string of the molecule is COc1ccc(N(CC(=O)NCCCSCc2ccc(F)cc2)S(=O)(=O)c2ccc(C)cc2)cc1Cl. The second kappa shape index (κ2) is 13.0. The average Bonchev–Trinajstić information content (AvgIpc) is 2.86. The number of ether oxygens (including phenoxy) is 1. The highest BCUT2D eigenvalue weighted by molar-refractivity contribution is 7.98. The van der Waals surface area contributed by atoms with Gasteiger partial charge >= 0.3 is 0 Å². The Kier molecular flexibility index (Phi) is 10.0. The summed E-state index contributed by atoms with van der Waals surface area (Å²) >= 11 is 7.92. The molecular formula is C26H28ClFN2O4S2. The molecular weight excluding hydrogens is 523 g/mol. The summed E-state index contributed by atoms with van der Waals surface area (Å²) in [6.07, 6.45) is 0.705. The Morgan fingerprint density at radius 2 is 1.78 bits per heavy atom. The molecule has 3 aromatic rings. The zero-order chi connectivity index (χ0) is 26.1. The summed E-state index contributed by atoms with van der Waals surface area (Å²) < 4.78 is 46.1. The predicted molar refractivity (Wildman–Crippen MR) is 144 cm³/mol. The molecule has 0 fully saturated rings. The quantitative estimate of drug-likeness (QED) is 0.304. The Balaban J connectivity index is 1.63. The lowest BCUT2D eigenvalue weighted by Crippen LogP contribution is -2.41. The molecule has 10 heteroatoms. The minimum absolute atomic E-state index is 0.0741. The molecule has 6 nitrogen and oxygen atoms in total. The number of nitrogens with zero attached hydrogens (tertiary/aromatic N) is 1. The Bertz CT molecular complexity index is 1270. The molecule has 1 N–H and O–H groups in total. The number of methoxy groups -OCH3 is 1. The summed E-state index contributed by atoms with van der Waals surface area (Å²) in [4.78, 5) is 12.8. The molecule has 0 heterocycles. The van der Waals surface area contributed by atoms with Crippen LogP contribution in [0.5, 0.6) is 5.75 Å². The monoisotopic (exact) mass is 550 g/mol. The van der Waals surface area contributed by atoms with E-state index in [2.05, 4.69) is 5.32 Å². The highest BCUT2D eigenvalue weighted by atomic mass is 35.5. The molecule has 0 spiro atoms. The van der Waals surface area contributed by atoms with Gasteiger partial charge in [-0.3, -0.25) is 9.10 Å². The maximum Gasteiger partial charge on any atom is 0.264 e. The van der Waals surface area contributed by atoms with Gasteiger partial charge in [0.1, 0.15) is 18.1 Å². The number of nitrogens with one attached hydrogen (secondary N) is 1. The molecule has 3 aromatic carbocycles. The maximum absolute atomic E-state index is 13.5. The van der Waals surface area contributed by atoms with Gasteiger partial charge in [-0.25, -0.2) is 12.8 Å². The van der Waals surface area contributed by atoms with E-state index in [1.54, 1.807) is 48.2 Å². The summed E-state index contributed by atoms with van der Waals surface area (Å²) in [5, 5.41) is 3.03. The van der Waals surface area contributed by atoms with E-state index >= 15 is 0 Å². The second-order valence-electron chi connectivity index (χ2n) is 8.03. The van der Waals surface area contributed by atoms with Gasteiger partial charge in [-0.1, -0.05) is 41.4 Å². The van der Waals surface area contributed by atoms with Gasteiger partial charge in [0.25, 0.3) is 10.0 Å². The van der Waals surface area contributed by atoms with Crippen LogP contribution in [0.1, 0.15) is 17.5 Å². The predicted octanol–water partition coefficient (Wildman–Crippen LogP) is 5.43. The molecule has 0 aromatic heterocycles. The molecule has 0 radical (unpaired) electrons. The first kappa shape index (κ1) is 27.8. The average molecular weight is 551 g/mol. The largest absolute Gasteiger partial charge is 0.495 e. The zero-order valence-corrected chi connectivity index (χ0v) is 22.4. The lowest BCUT2D eigenvalue weighted by molar-refractivity contribution is -0.119. The zero-order valence-electron chi connectivity index (χ0n) is 20.0. The molecule has 0 aliphatic carbocycles. The lowest BCUT2D eigenvalue weighted by atomic mass is 10.2. The second-order valence-corrected chi connectivity index (χ2v) is 11.4. The van der Waals surface area contributed by atoms with Crippen molar-refractivity contribution in [1.29, 1.82) is 0 Å². The molecule has 3 rings (SSSR count). The first-order valence-electron chi connectivity index (χ1n) is 11.2. The third-order valence-corrected chi connectivity index (χ3v) is 8.49. The molecule has 192 valence electrons. The van der Waals surface area contributed by atoms with Crippen molar-refractivity contribution in [3.05, 3.63) is 88.7 Å². The van der Waals surface area contributed by atoms with E-state index in [1.807, 2.05) is 6.92 Å². The van der Waals surface area contributed by atoms with Crippen LogP contribution in [0.15, 0.2) is 71.6 Å². The molecule has 1 amide bonds. The molecule has 0 unspecified atom stereocenters. The Hall–Kier alpha value is -2.75. The lowest BCUT2D eigenvalue weighted by Gasteiger charge is -2.24. The molecule has 0 saturated heterocycles. The van der Waals surface area contributed by atoms with Crippen LogP contribution in [0, 0.1) is 12.7 Å². The molecule has 0 atom stereocenters. The number of carbonyl (C=O) groups is 1. The number of benzene rings is 3. The van der Waals surface area contributed by atoms with Crippen molar-refractivity contribution in [2.24, 2.45) is 0 Å². The fourth-order valence-electron chi connectivity index (χ4n) is 3.32. The Morgan fingerprint density at radius 1 is 1.08 bits per heavy atom. The van der Waals surface area contributed by atoms with Gasteiger partial charge in [-0.15, -0.1) is 0 Å². The number of sulfonamides is 1. The van der Waals surface area contributed by atoms with Gasteiger partial charge < -0.3 is 10.1 Å². The number of anilines is 1. The number of aryl methyl sites for hydroxylation is 1. The van der Waals surface area contributed by atoms with E-state index in [1.165, 1.54) is 37.4 Å². The van der Waals surface area contributed by atoms with E-state index in [0.29, 0.717) is 18.7 Å². The van der Waals surface area contributed by atoms with Crippen molar-refractivity contribution in [3.8, 4) is 5.75 Å². The van der Waals surface area contributed by atoms with Crippen LogP contribution in [0.2, 0.25) is 5.02 Å². The molecule has 36 heavy (non-hydrogen) atoms. The van der Waals surface area contributed by atoms with Crippen molar-refractivity contribution < 1.29 is 22.3 Å². The molecule has 0 aliphatic rings. The van der Waals surface area contributed by atoms with Crippen LogP contribution in [0.25, 0.3) is 0 Å². The first-order valence-corrected chi connectivity index (χ1v) is 14.2. The van der Waals surface area contributed by atoms with E-state index in [9.17, 15) is 17.6 Å². The van der Waals surface area contributed by atoms with Crippen LogP contribution >= 0.6 is 23.4 Å². The summed E-state index contributed by atoms with van der Waals surface area (Å²) in [6.45, 7) is 1.86. The van der Waals surface area contributed by atoms with Gasteiger partial charge in [-0.05, 0) is 67.1 Å². The van der Waals surface area contributed by atoms with Gasteiger partial charge in [-0.2, -0.15) is 11.8 Å². The fourth-order valence-corrected chi connectivity index (χ4v) is 5.91. The van der Waals surface area contributed by atoms with E-state index in [4.69, 9.17) is 16.3 Å². The number of thioether (sulfide) groups is 1. The van der Waals surface area contributed by atoms with Crippen LogP contribution in [0.4, 0.5) is 10.1 Å².